The van der Waals surface area contributed by atoms with Gasteiger partial charge in [-0.2, -0.15) is 0 Å². The Kier molecular flexibility index (Phi) is 19.6. The minimum atomic E-state index is -1.85. The van der Waals surface area contributed by atoms with E-state index >= 15 is 0 Å². The number of aliphatic hydroxyl groups is 11. The third-order valence-electron chi connectivity index (χ3n) is 9.13. The molecule has 3 aliphatic heterocycles. The van der Waals surface area contributed by atoms with Gasteiger partial charge in [0.15, 0.2) is 25.2 Å². The molecule has 3 rings (SSSR count). The Labute approximate surface area is 326 Å². The Morgan fingerprint density at radius 3 is 1.41 bits per heavy atom. The van der Waals surface area contributed by atoms with Gasteiger partial charge in [0.2, 0.25) is 0 Å². The van der Waals surface area contributed by atoms with Crippen molar-refractivity contribution in [3.8, 4) is 0 Å². The lowest BCUT2D eigenvalue weighted by Crippen LogP contribution is -2.63. The van der Waals surface area contributed by atoms with E-state index in [-0.39, 0.29) is 13.2 Å². The van der Waals surface area contributed by atoms with Gasteiger partial charge < -0.3 is 104 Å². The topological polar surface area (TPSA) is 318 Å². The van der Waals surface area contributed by atoms with Crippen LogP contribution in [0.4, 0.5) is 0 Å². The molecular formula is C35H67NO20. The van der Waals surface area contributed by atoms with E-state index in [2.05, 4.69) is 5.32 Å². The van der Waals surface area contributed by atoms with E-state index in [4.69, 9.17) is 42.6 Å². The highest BCUT2D eigenvalue weighted by atomic mass is 16.8. The summed E-state index contributed by atoms with van der Waals surface area (Å²) in [5.41, 5.74) is -1.26. The van der Waals surface area contributed by atoms with Gasteiger partial charge in [-0.15, -0.1) is 0 Å². The number of hydrogen-bond acceptors (Lipinski definition) is 21. The molecule has 0 radical (unpaired) electrons. The van der Waals surface area contributed by atoms with Gasteiger partial charge >= 0.3 is 0 Å². The standard InChI is InChI=1S/C35H67NO20/c1-8-9-36-10-21(56-35(5,6)7)52-17(16(38)11-37)12-48-31-28(45)25(42)22(39)18(53-31)13-49-32-29(46)26(43)23(40)19(54-32)14-50-33-30(47)27(44)24(41)20(55-33)15-51-34(2,3)4/h16-33,36-47H,8-15H2,1-7H3. The molecule has 0 aromatic carbocycles. The van der Waals surface area contributed by atoms with E-state index in [9.17, 15) is 56.2 Å². The van der Waals surface area contributed by atoms with Crippen molar-refractivity contribution in [3.05, 3.63) is 0 Å². The summed E-state index contributed by atoms with van der Waals surface area (Å²) in [6, 6.07) is 0. The van der Waals surface area contributed by atoms with E-state index in [0.29, 0.717) is 6.54 Å². The van der Waals surface area contributed by atoms with Crippen LogP contribution >= 0.6 is 0 Å². The van der Waals surface area contributed by atoms with Crippen molar-refractivity contribution >= 4 is 0 Å². The average Bonchev–Trinajstić information content (AvgIpc) is 3.12. The van der Waals surface area contributed by atoms with Crippen molar-refractivity contribution < 1.29 is 98.8 Å². The fraction of sp³-hybridized carbons (Fsp3) is 1.00. The number of nitrogens with one attached hydrogen (secondary N) is 1. The zero-order chi connectivity index (χ0) is 42.1. The van der Waals surface area contributed by atoms with Crippen molar-refractivity contribution in [2.45, 2.75) is 177 Å². The number of rotatable bonds is 20. The van der Waals surface area contributed by atoms with Crippen molar-refractivity contribution in [2.75, 3.05) is 46.1 Å². The summed E-state index contributed by atoms with van der Waals surface area (Å²) < 4.78 is 51.4. The molecule has 12 N–H and O–H groups in total. The van der Waals surface area contributed by atoms with Gasteiger partial charge in [-0.3, -0.25) is 0 Å². The molecular weight excluding hydrogens is 754 g/mol. The molecule has 0 spiro atoms. The lowest BCUT2D eigenvalue weighted by molar-refractivity contribution is -0.345. The monoisotopic (exact) mass is 821 g/mol. The van der Waals surface area contributed by atoms with Crippen molar-refractivity contribution in [1.82, 2.24) is 5.32 Å². The van der Waals surface area contributed by atoms with Crippen LogP contribution in [0.5, 0.6) is 0 Å². The van der Waals surface area contributed by atoms with Crippen LogP contribution in [0.1, 0.15) is 54.9 Å². The Bertz CT molecular complexity index is 1110. The first-order chi connectivity index (χ1) is 26.1. The summed E-state index contributed by atoms with van der Waals surface area (Å²) in [6.45, 7) is 11.0. The molecule has 0 aromatic heterocycles. The smallest absolute Gasteiger partial charge is 0.186 e. The van der Waals surface area contributed by atoms with E-state index < -0.39 is 148 Å². The predicted octanol–water partition coefficient (Wildman–Crippen LogP) is -4.85. The van der Waals surface area contributed by atoms with E-state index in [1.807, 2.05) is 27.7 Å². The van der Waals surface area contributed by atoms with Gasteiger partial charge in [-0.05, 0) is 54.5 Å². The van der Waals surface area contributed by atoms with Crippen LogP contribution in [0.25, 0.3) is 0 Å². The zero-order valence-corrected chi connectivity index (χ0v) is 33.1. The summed E-state index contributed by atoms with van der Waals surface area (Å²) in [7, 11) is 0. The molecule has 0 amide bonds. The Morgan fingerprint density at radius 1 is 0.589 bits per heavy atom. The maximum atomic E-state index is 10.7. The molecule has 3 saturated heterocycles. The van der Waals surface area contributed by atoms with Crippen LogP contribution in [0, 0.1) is 0 Å². The predicted molar refractivity (Wildman–Crippen MR) is 189 cm³/mol. The maximum Gasteiger partial charge on any atom is 0.186 e. The zero-order valence-electron chi connectivity index (χ0n) is 33.1. The molecule has 3 aliphatic rings. The van der Waals surface area contributed by atoms with E-state index in [0.717, 1.165) is 6.42 Å². The van der Waals surface area contributed by atoms with Crippen LogP contribution in [0.15, 0.2) is 0 Å². The molecule has 21 nitrogen and oxygen atoms in total. The Morgan fingerprint density at radius 2 is 1.02 bits per heavy atom. The van der Waals surface area contributed by atoms with Crippen molar-refractivity contribution in [3.63, 3.8) is 0 Å². The fourth-order valence-electron chi connectivity index (χ4n) is 5.94. The molecule has 3 fully saturated rings. The first-order valence-electron chi connectivity index (χ1n) is 19.0. The highest BCUT2D eigenvalue weighted by molar-refractivity contribution is 4.93. The molecule has 0 aromatic rings. The maximum absolute atomic E-state index is 10.7. The van der Waals surface area contributed by atoms with Crippen molar-refractivity contribution in [2.24, 2.45) is 0 Å². The molecule has 0 saturated carbocycles. The van der Waals surface area contributed by atoms with Crippen LogP contribution in [-0.4, -0.2) is 224 Å². The molecule has 56 heavy (non-hydrogen) atoms. The van der Waals surface area contributed by atoms with Crippen LogP contribution < -0.4 is 5.32 Å². The minimum absolute atomic E-state index is 0.160. The molecule has 18 unspecified atom stereocenters. The minimum Gasteiger partial charge on any atom is -0.394 e. The van der Waals surface area contributed by atoms with Gasteiger partial charge in [-0.1, -0.05) is 6.92 Å². The third kappa shape index (κ3) is 14.4. The normalized spacial score (nSPS) is 39.0. The Hall–Kier alpha value is -0.840. The van der Waals surface area contributed by atoms with Gasteiger partial charge in [0.1, 0.15) is 85.5 Å². The van der Waals surface area contributed by atoms with Crippen LogP contribution in [-0.2, 0) is 42.6 Å². The summed E-state index contributed by atoms with van der Waals surface area (Å²) in [6.07, 6.45) is -27.3. The second kappa shape index (κ2) is 22.1. The molecule has 332 valence electrons. The van der Waals surface area contributed by atoms with Crippen LogP contribution in [0.3, 0.4) is 0 Å². The van der Waals surface area contributed by atoms with Crippen LogP contribution in [0.2, 0.25) is 0 Å². The summed E-state index contributed by atoms with van der Waals surface area (Å²) in [5, 5.41) is 119. The summed E-state index contributed by atoms with van der Waals surface area (Å²) in [5.74, 6) is 0. The molecule has 21 heteroatoms. The summed E-state index contributed by atoms with van der Waals surface area (Å²) >= 11 is 0. The first-order valence-corrected chi connectivity index (χ1v) is 19.0. The quantitative estimate of drug-likeness (QED) is 0.0405. The highest BCUT2D eigenvalue weighted by Crippen LogP contribution is 2.29. The highest BCUT2D eigenvalue weighted by Gasteiger charge is 2.50. The molecule has 0 aliphatic carbocycles. The molecule has 18 atom stereocenters. The van der Waals surface area contributed by atoms with E-state index in [1.54, 1.807) is 20.8 Å². The largest absolute Gasteiger partial charge is 0.394 e. The summed E-state index contributed by atoms with van der Waals surface area (Å²) in [4.78, 5) is 0. The fourth-order valence-corrected chi connectivity index (χ4v) is 5.94. The lowest BCUT2D eigenvalue weighted by atomic mass is 9.98. The van der Waals surface area contributed by atoms with Gasteiger partial charge in [0, 0.05) is 6.54 Å². The van der Waals surface area contributed by atoms with Crippen molar-refractivity contribution in [1.29, 1.82) is 0 Å². The third-order valence-corrected chi connectivity index (χ3v) is 9.13. The van der Waals surface area contributed by atoms with Gasteiger partial charge in [-0.25, -0.2) is 0 Å². The Balaban J connectivity index is 1.63. The van der Waals surface area contributed by atoms with E-state index in [1.165, 1.54) is 0 Å². The second-order valence-corrected chi connectivity index (χ2v) is 16.3. The SMILES string of the molecule is CCCNCC(OC(COC1OC(COC2OC(COC3OC(COC(C)(C)C)C(O)C(O)C3O)C(O)C(O)C2O)C(O)C(O)C1O)C(O)CO)OC(C)(C)C. The average molecular weight is 822 g/mol. The number of ether oxygens (including phenoxy) is 9. The second-order valence-electron chi connectivity index (χ2n) is 16.3. The number of aliphatic hydroxyl groups excluding tert-OH is 11. The lowest BCUT2D eigenvalue weighted by Gasteiger charge is -2.44. The van der Waals surface area contributed by atoms with Gasteiger partial charge in [0.05, 0.1) is 44.2 Å². The number of hydrogen-bond donors (Lipinski definition) is 12. The first kappa shape index (κ1) is 49.5. The molecule has 0 bridgehead atoms. The van der Waals surface area contributed by atoms with Gasteiger partial charge in [0.25, 0.3) is 0 Å². The molecule has 3 heterocycles.